The Kier molecular flexibility index (Phi) is 8.53. The first kappa shape index (κ1) is 21.2. The van der Waals surface area contributed by atoms with Crippen molar-refractivity contribution in [3.63, 3.8) is 0 Å². The molecule has 0 aliphatic carbocycles. The molecule has 0 atom stereocenters. The van der Waals surface area contributed by atoms with Gasteiger partial charge in [-0.2, -0.15) is 5.10 Å². The fraction of sp³-hybridized carbons (Fsp3) is 0.211. The molecule has 3 aromatic rings. The van der Waals surface area contributed by atoms with Crippen LogP contribution in [0.4, 0.5) is 0 Å². The molecule has 3 rings (SSSR count). The van der Waals surface area contributed by atoms with E-state index in [1.807, 2.05) is 42.6 Å². The van der Waals surface area contributed by atoms with Crippen LogP contribution in [0.1, 0.15) is 11.1 Å². The van der Waals surface area contributed by atoms with E-state index in [4.69, 9.17) is 11.6 Å². The maximum atomic E-state index is 6.01. The second-order valence-electron chi connectivity index (χ2n) is 5.71. The summed E-state index contributed by atoms with van der Waals surface area (Å²) in [6.07, 6.45) is 6.26. The summed E-state index contributed by atoms with van der Waals surface area (Å²) in [7, 11) is 1.76. The van der Waals surface area contributed by atoms with Crippen molar-refractivity contribution in [1.82, 2.24) is 25.4 Å². The summed E-state index contributed by atoms with van der Waals surface area (Å²) in [5, 5.41) is 11.6. The van der Waals surface area contributed by atoms with E-state index in [1.54, 1.807) is 24.1 Å². The van der Waals surface area contributed by atoms with Gasteiger partial charge < -0.3 is 10.6 Å². The van der Waals surface area contributed by atoms with Crippen LogP contribution in [-0.2, 0) is 13.0 Å². The van der Waals surface area contributed by atoms with Crippen LogP contribution in [0.2, 0.25) is 5.02 Å². The zero-order valence-corrected chi connectivity index (χ0v) is 18.1. The maximum Gasteiger partial charge on any atom is 0.191 e. The quantitative estimate of drug-likeness (QED) is 0.312. The molecule has 0 saturated heterocycles. The standard InChI is InChI=1S/C19H21ClN6.HI/c1-21-19(23-10-6-15-4-2-5-17(20)12-15)24-14-16-7-9-22-18(13-16)26-11-3-8-25-26;/h2-5,7-9,11-13H,6,10,14H2,1H3,(H2,21,23,24);1H. The van der Waals surface area contributed by atoms with E-state index in [9.17, 15) is 0 Å². The first-order valence-electron chi connectivity index (χ1n) is 8.38. The predicted octanol–water partition coefficient (Wildman–Crippen LogP) is 3.45. The molecule has 2 N–H and O–H groups in total. The number of nitrogens with one attached hydrogen (secondary N) is 2. The summed E-state index contributed by atoms with van der Waals surface area (Å²) < 4.78 is 1.74. The van der Waals surface area contributed by atoms with Gasteiger partial charge in [0.1, 0.15) is 0 Å². The number of hydrogen-bond donors (Lipinski definition) is 2. The van der Waals surface area contributed by atoms with E-state index in [2.05, 4.69) is 31.8 Å². The van der Waals surface area contributed by atoms with Gasteiger partial charge in [0.2, 0.25) is 0 Å². The molecule has 0 spiro atoms. The molecule has 0 saturated carbocycles. The molecule has 2 aromatic heterocycles. The van der Waals surface area contributed by atoms with E-state index in [0.29, 0.717) is 6.54 Å². The van der Waals surface area contributed by atoms with E-state index in [-0.39, 0.29) is 24.0 Å². The highest BCUT2D eigenvalue weighted by molar-refractivity contribution is 14.0. The Labute approximate surface area is 181 Å². The first-order valence-corrected chi connectivity index (χ1v) is 8.76. The fourth-order valence-electron chi connectivity index (χ4n) is 2.52. The molecule has 0 amide bonds. The normalized spacial score (nSPS) is 11.0. The Bertz CT molecular complexity index is 866. The molecule has 0 aliphatic heterocycles. The Balaban J connectivity index is 0.00000261. The Hall–Kier alpha value is -2.13. The second-order valence-corrected chi connectivity index (χ2v) is 6.14. The van der Waals surface area contributed by atoms with E-state index >= 15 is 0 Å². The molecule has 8 heteroatoms. The van der Waals surface area contributed by atoms with Crippen molar-refractivity contribution < 1.29 is 0 Å². The summed E-state index contributed by atoms with van der Waals surface area (Å²) in [6.45, 7) is 1.42. The van der Waals surface area contributed by atoms with Gasteiger partial charge in [-0.3, -0.25) is 4.99 Å². The van der Waals surface area contributed by atoms with Crippen LogP contribution in [-0.4, -0.2) is 34.3 Å². The average molecular weight is 497 g/mol. The number of pyridine rings is 1. The lowest BCUT2D eigenvalue weighted by atomic mass is 10.1. The monoisotopic (exact) mass is 496 g/mol. The molecular weight excluding hydrogens is 475 g/mol. The predicted molar refractivity (Wildman–Crippen MR) is 120 cm³/mol. The Morgan fingerprint density at radius 2 is 2.00 bits per heavy atom. The Morgan fingerprint density at radius 1 is 1.11 bits per heavy atom. The molecule has 0 unspecified atom stereocenters. The van der Waals surface area contributed by atoms with Crippen LogP contribution in [0, 0.1) is 0 Å². The molecule has 2 heterocycles. The molecule has 0 radical (unpaired) electrons. The third kappa shape index (κ3) is 6.51. The number of benzene rings is 1. The number of rotatable bonds is 6. The van der Waals surface area contributed by atoms with Crippen molar-refractivity contribution in [3.8, 4) is 5.82 Å². The lowest BCUT2D eigenvalue weighted by molar-refractivity contribution is 0.789. The van der Waals surface area contributed by atoms with Crippen LogP contribution in [0.3, 0.4) is 0 Å². The highest BCUT2D eigenvalue weighted by atomic mass is 127. The number of halogens is 2. The average Bonchev–Trinajstić information content (AvgIpc) is 3.20. The molecule has 0 fully saturated rings. The summed E-state index contributed by atoms with van der Waals surface area (Å²) in [5.74, 6) is 1.54. The zero-order chi connectivity index (χ0) is 18.2. The lowest BCUT2D eigenvalue weighted by Crippen LogP contribution is -2.37. The first-order chi connectivity index (χ1) is 12.7. The molecule has 0 aliphatic rings. The van der Waals surface area contributed by atoms with Crippen molar-refractivity contribution in [3.05, 3.63) is 77.2 Å². The number of aromatic nitrogens is 3. The summed E-state index contributed by atoms with van der Waals surface area (Å²) in [4.78, 5) is 8.59. The van der Waals surface area contributed by atoms with Gasteiger partial charge in [-0.1, -0.05) is 23.7 Å². The van der Waals surface area contributed by atoms with E-state index in [1.165, 1.54) is 5.56 Å². The summed E-state index contributed by atoms with van der Waals surface area (Å²) in [6, 6.07) is 13.7. The minimum absolute atomic E-state index is 0. The van der Waals surface area contributed by atoms with Crippen molar-refractivity contribution >= 4 is 41.5 Å². The highest BCUT2D eigenvalue weighted by Crippen LogP contribution is 2.10. The fourth-order valence-corrected chi connectivity index (χ4v) is 2.74. The largest absolute Gasteiger partial charge is 0.356 e. The second kappa shape index (κ2) is 10.9. The van der Waals surface area contributed by atoms with Crippen LogP contribution in [0.25, 0.3) is 5.82 Å². The SMILES string of the molecule is CN=C(NCCc1cccc(Cl)c1)NCc1ccnc(-n2cccn2)c1.I. The highest BCUT2D eigenvalue weighted by Gasteiger charge is 2.02. The number of nitrogens with zero attached hydrogens (tertiary/aromatic N) is 4. The van der Waals surface area contributed by atoms with Crippen molar-refractivity contribution in [2.75, 3.05) is 13.6 Å². The number of guanidine groups is 1. The Morgan fingerprint density at radius 3 is 2.74 bits per heavy atom. The molecule has 1 aromatic carbocycles. The van der Waals surface area contributed by atoms with Gasteiger partial charge in [0.15, 0.2) is 11.8 Å². The van der Waals surface area contributed by atoms with Gasteiger partial charge in [0, 0.05) is 43.8 Å². The van der Waals surface area contributed by atoms with Crippen LogP contribution >= 0.6 is 35.6 Å². The van der Waals surface area contributed by atoms with Gasteiger partial charge >= 0.3 is 0 Å². The smallest absolute Gasteiger partial charge is 0.191 e. The van der Waals surface area contributed by atoms with Crippen LogP contribution in [0.5, 0.6) is 0 Å². The van der Waals surface area contributed by atoms with Crippen molar-refractivity contribution in [2.24, 2.45) is 4.99 Å². The molecule has 6 nitrogen and oxygen atoms in total. The van der Waals surface area contributed by atoms with Gasteiger partial charge in [-0.05, 0) is 47.9 Å². The van der Waals surface area contributed by atoms with Crippen molar-refractivity contribution in [2.45, 2.75) is 13.0 Å². The minimum Gasteiger partial charge on any atom is -0.356 e. The van der Waals surface area contributed by atoms with Crippen LogP contribution in [0.15, 0.2) is 66.0 Å². The zero-order valence-electron chi connectivity index (χ0n) is 15.0. The topological polar surface area (TPSA) is 67.1 Å². The lowest BCUT2D eigenvalue weighted by Gasteiger charge is -2.12. The van der Waals surface area contributed by atoms with Crippen molar-refractivity contribution in [1.29, 1.82) is 0 Å². The summed E-state index contributed by atoms with van der Waals surface area (Å²) >= 11 is 6.01. The van der Waals surface area contributed by atoms with Gasteiger partial charge in [0.25, 0.3) is 0 Å². The van der Waals surface area contributed by atoms with Crippen LogP contribution < -0.4 is 10.6 Å². The number of hydrogen-bond acceptors (Lipinski definition) is 3. The minimum atomic E-state index is 0. The summed E-state index contributed by atoms with van der Waals surface area (Å²) in [5.41, 5.74) is 2.29. The third-order valence-corrected chi connectivity index (χ3v) is 4.06. The van der Waals surface area contributed by atoms with Gasteiger partial charge in [-0.15, -0.1) is 24.0 Å². The number of aliphatic imine (C=N–C) groups is 1. The van der Waals surface area contributed by atoms with E-state index < -0.39 is 0 Å². The molecule has 142 valence electrons. The molecule has 27 heavy (non-hydrogen) atoms. The molecule has 0 bridgehead atoms. The third-order valence-electron chi connectivity index (χ3n) is 3.83. The van der Waals surface area contributed by atoms with E-state index in [0.717, 1.165) is 35.3 Å². The van der Waals surface area contributed by atoms with Gasteiger partial charge in [-0.25, -0.2) is 9.67 Å². The van der Waals surface area contributed by atoms with Gasteiger partial charge in [0.05, 0.1) is 0 Å². The molecular formula is C19H22ClIN6. The maximum absolute atomic E-state index is 6.01.